The summed E-state index contributed by atoms with van der Waals surface area (Å²) in [7, 11) is 1.56. The van der Waals surface area contributed by atoms with Crippen molar-refractivity contribution in [1.82, 2.24) is 9.78 Å². The van der Waals surface area contributed by atoms with E-state index in [1.807, 2.05) is 32.0 Å². The van der Waals surface area contributed by atoms with E-state index in [0.717, 1.165) is 16.9 Å². The Bertz CT molecular complexity index is 1010. The fraction of sp³-hybridized carbons (Fsp3) is 0.304. The number of aryl methyl sites for hydroxylation is 2. The number of carbonyl (C=O) groups is 1. The molecule has 0 N–H and O–H groups in total. The molecule has 3 aromatic rings. The second-order valence-electron chi connectivity index (χ2n) is 7.94. The van der Waals surface area contributed by atoms with Crippen molar-refractivity contribution < 1.29 is 14.3 Å². The van der Waals surface area contributed by atoms with Crippen LogP contribution in [-0.2, 0) is 5.41 Å². The van der Waals surface area contributed by atoms with Gasteiger partial charge >= 0.3 is 5.97 Å². The Hall–Kier alpha value is -3.08. The average molecular weight is 378 g/mol. The van der Waals surface area contributed by atoms with Gasteiger partial charge in [0.15, 0.2) is 0 Å². The largest absolute Gasteiger partial charge is 0.497 e. The van der Waals surface area contributed by atoms with Gasteiger partial charge in [-0.05, 0) is 43.7 Å². The number of nitrogens with zero attached hydrogens (tertiary/aromatic N) is 2. The first-order valence-electron chi connectivity index (χ1n) is 9.23. The first-order chi connectivity index (χ1) is 13.2. The minimum Gasteiger partial charge on any atom is -0.497 e. The van der Waals surface area contributed by atoms with Crippen LogP contribution in [0.3, 0.4) is 0 Å². The highest BCUT2D eigenvalue weighted by Gasteiger charge is 2.23. The van der Waals surface area contributed by atoms with Crippen molar-refractivity contribution in [3.63, 3.8) is 0 Å². The summed E-state index contributed by atoms with van der Waals surface area (Å²) >= 11 is 0. The molecule has 0 aliphatic carbocycles. The van der Waals surface area contributed by atoms with Crippen molar-refractivity contribution in [3.8, 4) is 17.3 Å². The van der Waals surface area contributed by atoms with Crippen molar-refractivity contribution in [2.45, 2.75) is 40.0 Å². The second-order valence-corrected chi connectivity index (χ2v) is 7.94. The van der Waals surface area contributed by atoms with E-state index in [-0.39, 0.29) is 5.41 Å². The summed E-state index contributed by atoms with van der Waals surface area (Å²) in [6, 6.07) is 14.8. The van der Waals surface area contributed by atoms with Gasteiger partial charge in [-0.2, -0.15) is 5.10 Å². The molecule has 5 nitrogen and oxygen atoms in total. The lowest BCUT2D eigenvalue weighted by molar-refractivity contribution is 0.0722. The van der Waals surface area contributed by atoms with E-state index in [4.69, 9.17) is 14.6 Å². The van der Waals surface area contributed by atoms with Gasteiger partial charge in [0.2, 0.25) is 5.88 Å². The molecular weight excluding hydrogens is 352 g/mol. The van der Waals surface area contributed by atoms with Gasteiger partial charge in [0.05, 0.1) is 24.1 Å². The fourth-order valence-corrected chi connectivity index (χ4v) is 2.92. The molecule has 0 aliphatic heterocycles. The average Bonchev–Trinajstić information content (AvgIpc) is 3.05. The summed E-state index contributed by atoms with van der Waals surface area (Å²) in [6.07, 6.45) is 0. The molecule has 0 fully saturated rings. The van der Waals surface area contributed by atoms with Crippen molar-refractivity contribution in [3.05, 3.63) is 70.9 Å². The van der Waals surface area contributed by atoms with Crippen molar-refractivity contribution >= 4 is 5.97 Å². The Balaban J connectivity index is 2.03. The Kier molecular flexibility index (Phi) is 5.27. The Morgan fingerprint density at radius 3 is 2.43 bits per heavy atom. The summed E-state index contributed by atoms with van der Waals surface area (Å²) in [5.74, 6) is 0.544. The van der Waals surface area contributed by atoms with Crippen LogP contribution in [0, 0.1) is 13.8 Å². The van der Waals surface area contributed by atoms with E-state index < -0.39 is 5.97 Å². The monoisotopic (exact) mass is 378 g/mol. The maximum Gasteiger partial charge on any atom is 0.344 e. The Morgan fingerprint density at radius 2 is 1.79 bits per heavy atom. The third kappa shape index (κ3) is 4.09. The first kappa shape index (κ1) is 19.7. The predicted molar refractivity (Wildman–Crippen MR) is 110 cm³/mol. The number of benzene rings is 2. The van der Waals surface area contributed by atoms with Crippen LogP contribution in [0.15, 0.2) is 48.5 Å². The number of aromatic nitrogens is 2. The SMILES string of the molecule is COc1cccc(C(=O)Oc2cc(C(C)(C)C)nn2-c2ccc(C)cc2C)c1. The minimum atomic E-state index is -0.453. The molecule has 0 radical (unpaired) electrons. The number of carbonyl (C=O) groups excluding carboxylic acids is 1. The number of hydrogen-bond acceptors (Lipinski definition) is 4. The minimum absolute atomic E-state index is 0.180. The third-order valence-electron chi connectivity index (χ3n) is 4.53. The van der Waals surface area contributed by atoms with Crippen LogP contribution in [0.1, 0.15) is 48.0 Å². The van der Waals surface area contributed by atoms with E-state index in [0.29, 0.717) is 17.2 Å². The van der Waals surface area contributed by atoms with E-state index in [1.165, 1.54) is 5.56 Å². The summed E-state index contributed by atoms with van der Waals surface area (Å²) < 4.78 is 12.7. The maximum absolute atomic E-state index is 12.7. The molecule has 0 spiro atoms. The fourth-order valence-electron chi connectivity index (χ4n) is 2.92. The van der Waals surface area contributed by atoms with Gasteiger partial charge in [-0.3, -0.25) is 0 Å². The topological polar surface area (TPSA) is 53.4 Å². The highest BCUT2D eigenvalue weighted by atomic mass is 16.5. The summed E-state index contributed by atoms with van der Waals surface area (Å²) in [6.45, 7) is 10.3. The summed E-state index contributed by atoms with van der Waals surface area (Å²) in [4.78, 5) is 12.7. The second kappa shape index (κ2) is 7.50. The zero-order valence-corrected chi connectivity index (χ0v) is 17.2. The third-order valence-corrected chi connectivity index (χ3v) is 4.53. The Labute approximate surface area is 165 Å². The van der Waals surface area contributed by atoms with Crippen LogP contribution < -0.4 is 9.47 Å². The van der Waals surface area contributed by atoms with Crippen LogP contribution >= 0.6 is 0 Å². The Morgan fingerprint density at radius 1 is 1.04 bits per heavy atom. The number of hydrogen-bond donors (Lipinski definition) is 0. The van der Waals surface area contributed by atoms with Crippen molar-refractivity contribution in [2.75, 3.05) is 7.11 Å². The summed E-state index contributed by atoms with van der Waals surface area (Å²) in [5, 5.41) is 4.74. The number of methoxy groups -OCH3 is 1. The van der Waals surface area contributed by atoms with E-state index in [1.54, 1.807) is 36.1 Å². The lowest BCUT2D eigenvalue weighted by Gasteiger charge is -2.14. The molecule has 1 aromatic heterocycles. The van der Waals surface area contributed by atoms with Gasteiger partial charge in [-0.25, -0.2) is 9.48 Å². The lowest BCUT2D eigenvalue weighted by atomic mass is 9.93. The van der Waals surface area contributed by atoms with Crippen LogP contribution in [0.4, 0.5) is 0 Å². The number of esters is 1. The number of rotatable bonds is 4. The summed E-state index contributed by atoms with van der Waals surface area (Å²) in [5.41, 5.74) is 4.20. The van der Waals surface area contributed by atoms with E-state index >= 15 is 0 Å². The van der Waals surface area contributed by atoms with Gasteiger partial charge < -0.3 is 9.47 Å². The van der Waals surface area contributed by atoms with E-state index in [9.17, 15) is 4.79 Å². The zero-order chi connectivity index (χ0) is 20.5. The molecule has 0 saturated carbocycles. The maximum atomic E-state index is 12.7. The molecular formula is C23H26N2O3. The molecule has 5 heteroatoms. The normalized spacial score (nSPS) is 11.4. The van der Waals surface area contributed by atoms with Crippen LogP contribution in [0.2, 0.25) is 0 Å². The molecule has 0 aliphatic rings. The van der Waals surface area contributed by atoms with Crippen molar-refractivity contribution in [1.29, 1.82) is 0 Å². The molecule has 0 bridgehead atoms. The van der Waals surface area contributed by atoms with E-state index in [2.05, 4.69) is 26.8 Å². The molecule has 3 rings (SSSR count). The van der Waals surface area contributed by atoms with Gasteiger partial charge in [0.25, 0.3) is 0 Å². The van der Waals surface area contributed by atoms with Gasteiger partial charge in [0.1, 0.15) is 5.75 Å². The molecule has 2 aromatic carbocycles. The molecule has 0 saturated heterocycles. The molecule has 0 unspecified atom stereocenters. The van der Waals surface area contributed by atoms with Crippen LogP contribution in [0.25, 0.3) is 5.69 Å². The smallest absolute Gasteiger partial charge is 0.344 e. The van der Waals surface area contributed by atoms with Crippen LogP contribution in [0.5, 0.6) is 11.6 Å². The standard InChI is InChI=1S/C23H26N2O3/c1-15-10-11-19(16(2)12-15)25-21(14-20(24-25)23(3,4)5)28-22(26)17-8-7-9-18(13-17)27-6/h7-14H,1-6H3. The quantitative estimate of drug-likeness (QED) is 0.599. The zero-order valence-electron chi connectivity index (χ0n) is 17.2. The first-order valence-corrected chi connectivity index (χ1v) is 9.23. The molecule has 28 heavy (non-hydrogen) atoms. The van der Waals surface area contributed by atoms with Crippen molar-refractivity contribution in [2.24, 2.45) is 0 Å². The van der Waals surface area contributed by atoms with Gasteiger partial charge in [-0.15, -0.1) is 0 Å². The lowest BCUT2D eigenvalue weighted by Crippen LogP contribution is -2.13. The van der Waals surface area contributed by atoms with Gasteiger partial charge in [0, 0.05) is 11.5 Å². The molecule has 0 atom stereocenters. The highest BCUT2D eigenvalue weighted by Crippen LogP contribution is 2.29. The van der Waals surface area contributed by atoms with Gasteiger partial charge in [-0.1, -0.05) is 44.5 Å². The van der Waals surface area contributed by atoms with Crippen LogP contribution in [-0.4, -0.2) is 22.9 Å². The molecule has 1 heterocycles. The number of ether oxygens (including phenoxy) is 2. The highest BCUT2D eigenvalue weighted by molar-refractivity contribution is 5.91. The predicted octanol–water partition coefficient (Wildman–Crippen LogP) is 5.01. The molecule has 0 amide bonds. The molecule has 146 valence electrons.